The highest BCUT2D eigenvalue weighted by Gasteiger charge is 2.40. The van der Waals surface area contributed by atoms with Gasteiger partial charge in [-0.15, -0.1) is 0 Å². The van der Waals surface area contributed by atoms with Gasteiger partial charge in [0.2, 0.25) is 0 Å². The Balaban J connectivity index is 1.06. The van der Waals surface area contributed by atoms with Gasteiger partial charge in [-0.3, -0.25) is 0 Å². The molecule has 0 spiro atoms. The zero-order valence-corrected chi connectivity index (χ0v) is 35.4. The molecular weight excluding hydrogens is 725 g/mol. The first kappa shape index (κ1) is 37.9. The molecule has 2 nitrogen and oxygen atoms in total. The number of benzene rings is 8. The number of anilines is 6. The number of rotatable bonds is 9. The standard InChI is InChI=1S/C58H54N2/c1-41(2)42-35-37-58(38-36-42,45-24-29-49(30-25-45)59(47-17-7-5-8-18-47)48-19-9-6-10-20-48)46-26-31-50(32-27-46)60(51-28-23-43-15-11-12-16-44(43)39-51)52-33-34-54-53-21-13-14-22-55(53)57(3,4)56(54)40-52/h5-34,39-42H,35-38H2,1-4H3. The molecule has 0 N–H and O–H groups in total. The van der Waals surface area contributed by atoms with E-state index >= 15 is 0 Å². The molecule has 8 aromatic carbocycles. The Morgan fingerprint density at radius 3 is 1.47 bits per heavy atom. The van der Waals surface area contributed by atoms with Crippen LogP contribution in [0, 0.1) is 11.8 Å². The second kappa shape index (κ2) is 15.3. The molecule has 2 heteroatoms. The zero-order valence-electron chi connectivity index (χ0n) is 35.4. The van der Waals surface area contributed by atoms with E-state index in [0.29, 0.717) is 5.92 Å². The van der Waals surface area contributed by atoms with Crippen molar-refractivity contribution in [3.8, 4) is 11.1 Å². The Morgan fingerprint density at radius 2 is 0.867 bits per heavy atom. The van der Waals surface area contributed by atoms with Crippen LogP contribution >= 0.6 is 0 Å². The van der Waals surface area contributed by atoms with E-state index in [1.807, 2.05) is 0 Å². The Hall–Kier alpha value is -6.38. The lowest BCUT2D eigenvalue weighted by atomic mass is 9.61. The number of fused-ring (bicyclic) bond motifs is 4. The van der Waals surface area contributed by atoms with Crippen LogP contribution in [0.25, 0.3) is 21.9 Å². The largest absolute Gasteiger partial charge is 0.311 e. The van der Waals surface area contributed by atoms with Gasteiger partial charge in [-0.05, 0) is 154 Å². The Morgan fingerprint density at radius 1 is 0.417 bits per heavy atom. The van der Waals surface area contributed by atoms with Gasteiger partial charge in [0.25, 0.3) is 0 Å². The van der Waals surface area contributed by atoms with Crippen molar-refractivity contribution >= 4 is 44.9 Å². The summed E-state index contributed by atoms with van der Waals surface area (Å²) < 4.78 is 0. The van der Waals surface area contributed by atoms with Gasteiger partial charge < -0.3 is 9.80 Å². The van der Waals surface area contributed by atoms with E-state index in [9.17, 15) is 0 Å². The van der Waals surface area contributed by atoms with Gasteiger partial charge in [-0.25, -0.2) is 0 Å². The average Bonchev–Trinajstić information content (AvgIpc) is 3.53. The molecule has 0 radical (unpaired) electrons. The third-order valence-corrected chi connectivity index (χ3v) is 14.0. The van der Waals surface area contributed by atoms with Gasteiger partial charge in [-0.2, -0.15) is 0 Å². The first-order chi connectivity index (χ1) is 29.3. The Labute approximate surface area is 356 Å². The number of nitrogens with zero attached hydrogens (tertiary/aromatic N) is 2. The maximum Gasteiger partial charge on any atom is 0.0468 e. The van der Waals surface area contributed by atoms with Gasteiger partial charge in [0, 0.05) is 45.0 Å². The van der Waals surface area contributed by atoms with Gasteiger partial charge >= 0.3 is 0 Å². The van der Waals surface area contributed by atoms with Crippen molar-refractivity contribution in [3.05, 3.63) is 216 Å². The van der Waals surface area contributed by atoms with E-state index in [2.05, 4.69) is 232 Å². The molecule has 0 amide bonds. The quantitative estimate of drug-likeness (QED) is 0.144. The zero-order chi connectivity index (χ0) is 40.8. The fourth-order valence-electron chi connectivity index (χ4n) is 10.6. The lowest BCUT2D eigenvalue weighted by molar-refractivity contribution is 0.217. The monoisotopic (exact) mass is 778 g/mol. The van der Waals surface area contributed by atoms with Crippen molar-refractivity contribution in [1.29, 1.82) is 0 Å². The lowest BCUT2D eigenvalue weighted by Gasteiger charge is -2.43. The van der Waals surface area contributed by atoms with Crippen LogP contribution in [0.5, 0.6) is 0 Å². The molecule has 296 valence electrons. The second-order valence-corrected chi connectivity index (χ2v) is 18.0. The van der Waals surface area contributed by atoms with E-state index in [4.69, 9.17) is 0 Å². The molecule has 1 fully saturated rings. The number of para-hydroxylation sites is 2. The smallest absolute Gasteiger partial charge is 0.0468 e. The third kappa shape index (κ3) is 6.59. The number of hydrogen-bond acceptors (Lipinski definition) is 2. The summed E-state index contributed by atoms with van der Waals surface area (Å²) in [6.07, 6.45) is 4.75. The van der Waals surface area contributed by atoms with Crippen LogP contribution in [0.2, 0.25) is 0 Å². The van der Waals surface area contributed by atoms with E-state index in [-0.39, 0.29) is 10.8 Å². The number of hydrogen-bond donors (Lipinski definition) is 0. The molecule has 0 saturated heterocycles. The van der Waals surface area contributed by atoms with Crippen molar-refractivity contribution < 1.29 is 0 Å². The van der Waals surface area contributed by atoms with Crippen molar-refractivity contribution in [1.82, 2.24) is 0 Å². The molecule has 2 aliphatic rings. The normalized spacial score (nSPS) is 17.9. The van der Waals surface area contributed by atoms with Crippen LogP contribution in [-0.4, -0.2) is 0 Å². The molecule has 60 heavy (non-hydrogen) atoms. The molecular formula is C58H54N2. The Bertz CT molecular complexity index is 2720. The minimum absolute atomic E-state index is 0.0656. The predicted octanol–water partition coefficient (Wildman–Crippen LogP) is 16.2. The van der Waals surface area contributed by atoms with Gasteiger partial charge in [0.1, 0.15) is 0 Å². The molecule has 0 unspecified atom stereocenters. The van der Waals surface area contributed by atoms with Crippen molar-refractivity contribution in [2.45, 2.75) is 64.2 Å². The predicted molar refractivity (Wildman–Crippen MR) is 255 cm³/mol. The lowest BCUT2D eigenvalue weighted by Crippen LogP contribution is -2.34. The minimum Gasteiger partial charge on any atom is -0.311 e. The molecule has 8 aromatic rings. The summed E-state index contributed by atoms with van der Waals surface area (Å²) in [5.74, 6) is 1.44. The molecule has 2 aliphatic carbocycles. The maximum absolute atomic E-state index is 2.47. The maximum atomic E-state index is 2.47. The minimum atomic E-state index is -0.0865. The highest BCUT2D eigenvalue weighted by molar-refractivity contribution is 5.91. The van der Waals surface area contributed by atoms with Crippen LogP contribution in [0.4, 0.5) is 34.1 Å². The molecule has 10 rings (SSSR count). The molecule has 0 aliphatic heterocycles. The highest BCUT2D eigenvalue weighted by Crippen LogP contribution is 2.52. The summed E-state index contributed by atoms with van der Waals surface area (Å²) in [5.41, 5.74) is 15.2. The van der Waals surface area contributed by atoms with E-state index in [1.54, 1.807) is 0 Å². The molecule has 0 atom stereocenters. The van der Waals surface area contributed by atoms with Crippen LogP contribution in [0.1, 0.15) is 75.6 Å². The molecule has 0 bridgehead atoms. The summed E-state index contributed by atoms with van der Waals surface area (Å²) in [6, 6.07) is 72.3. The summed E-state index contributed by atoms with van der Waals surface area (Å²) in [6.45, 7) is 9.56. The first-order valence-corrected chi connectivity index (χ1v) is 21.9. The van der Waals surface area contributed by atoms with Crippen LogP contribution in [0.15, 0.2) is 194 Å². The van der Waals surface area contributed by atoms with Gasteiger partial charge in [0.15, 0.2) is 0 Å². The summed E-state index contributed by atoms with van der Waals surface area (Å²) >= 11 is 0. The fraction of sp³-hybridized carbons (Fsp3) is 0.207. The van der Waals surface area contributed by atoms with Crippen molar-refractivity contribution in [2.24, 2.45) is 11.8 Å². The summed E-state index contributed by atoms with van der Waals surface area (Å²) in [7, 11) is 0. The Kier molecular flexibility index (Phi) is 9.68. The van der Waals surface area contributed by atoms with Crippen molar-refractivity contribution in [3.63, 3.8) is 0 Å². The molecule has 0 heterocycles. The van der Waals surface area contributed by atoms with Crippen LogP contribution < -0.4 is 9.80 Å². The average molecular weight is 779 g/mol. The van der Waals surface area contributed by atoms with E-state index < -0.39 is 0 Å². The third-order valence-electron chi connectivity index (χ3n) is 14.0. The fourth-order valence-corrected chi connectivity index (χ4v) is 10.6. The first-order valence-electron chi connectivity index (χ1n) is 21.9. The highest BCUT2D eigenvalue weighted by atomic mass is 15.1. The summed E-state index contributed by atoms with van der Waals surface area (Å²) in [4.78, 5) is 4.83. The molecule has 1 saturated carbocycles. The van der Waals surface area contributed by atoms with Crippen molar-refractivity contribution in [2.75, 3.05) is 9.80 Å². The van der Waals surface area contributed by atoms with Crippen LogP contribution in [0.3, 0.4) is 0 Å². The van der Waals surface area contributed by atoms with E-state index in [0.717, 1.165) is 30.1 Å². The molecule has 0 aromatic heterocycles. The van der Waals surface area contributed by atoms with Crippen LogP contribution in [-0.2, 0) is 10.8 Å². The topological polar surface area (TPSA) is 6.48 Å². The van der Waals surface area contributed by atoms with E-state index in [1.165, 1.54) is 79.7 Å². The van der Waals surface area contributed by atoms with Gasteiger partial charge in [0.05, 0.1) is 0 Å². The van der Waals surface area contributed by atoms with Gasteiger partial charge in [-0.1, -0.05) is 149 Å². The SMILES string of the molecule is CC(C)C1CCC(c2ccc(N(c3ccccc3)c3ccccc3)cc2)(c2ccc(N(c3ccc4c(c3)C(C)(C)c3ccccc3-4)c3ccc4ccccc4c3)cc2)CC1. The summed E-state index contributed by atoms with van der Waals surface area (Å²) in [5, 5.41) is 2.50. The second-order valence-electron chi connectivity index (χ2n) is 18.0.